The number of carbonyl (C=O) groups is 1. The Kier molecular flexibility index (Phi) is 3.81. The normalized spacial score (nSPS) is 17.7. The highest BCUT2D eigenvalue weighted by Gasteiger charge is 2.36. The average Bonchev–Trinajstić information content (AvgIpc) is 2.84. The van der Waals surface area contributed by atoms with Gasteiger partial charge in [-0.1, -0.05) is 25.1 Å². The fraction of sp³-hybridized carbons (Fsp3) is 0.312. The highest BCUT2D eigenvalue weighted by atomic mass is 32.1. The molecule has 0 amide bonds. The number of aromatic amines is 1. The second-order valence-electron chi connectivity index (χ2n) is 5.50. The van der Waals surface area contributed by atoms with Crippen molar-refractivity contribution in [1.29, 1.82) is 0 Å². The molecule has 0 aliphatic carbocycles. The number of cyclic esters (lactones) is 1. The lowest BCUT2D eigenvalue weighted by Gasteiger charge is -2.20. The summed E-state index contributed by atoms with van der Waals surface area (Å²) in [5.74, 6) is -0.774. The number of nitrogens with one attached hydrogen (secondary N) is 1. The first kappa shape index (κ1) is 15.5. The number of hydrogen-bond acceptors (Lipinski definition) is 5. The molecule has 2 N–H and O–H groups in total. The zero-order chi connectivity index (χ0) is 16.7. The van der Waals surface area contributed by atoms with Crippen molar-refractivity contribution in [1.82, 2.24) is 9.55 Å². The van der Waals surface area contributed by atoms with E-state index in [1.54, 1.807) is 24.3 Å². The number of carbonyl (C=O) groups excluding carboxylic acids is 1. The number of esters is 1. The third kappa shape index (κ3) is 2.37. The average molecular weight is 332 g/mol. The molecule has 120 valence electrons. The van der Waals surface area contributed by atoms with Crippen LogP contribution < -0.4 is 5.56 Å². The van der Waals surface area contributed by atoms with Crippen LogP contribution in [0, 0.1) is 4.77 Å². The van der Waals surface area contributed by atoms with Gasteiger partial charge in [-0.05, 0) is 31.6 Å². The molecule has 0 fully saturated rings. The molecule has 1 aliphatic rings. The molecule has 7 heteroatoms. The molecule has 3 rings (SSSR count). The van der Waals surface area contributed by atoms with Gasteiger partial charge in [-0.25, -0.2) is 4.79 Å². The first-order chi connectivity index (χ1) is 11.0. The third-order valence-corrected chi connectivity index (χ3v) is 4.43. The number of hydrogen-bond donors (Lipinski definition) is 2. The van der Waals surface area contributed by atoms with Crippen molar-refractivity contribution in [2.75, 3.05) is 0 Å². The summed E-state index contributed by atoms with van der Waals surface area (Å²) in [4.78, 5) is 26.9. The lowest BCUT2D eigenvalue weighted by atomic mass is 10.0. The number of aromatic hydroxyl groups is 1. The van der Waals surface area contributed by atoms with E-state index in [9.17, 15) is 14.7 Å². The van der Waals surface area contributed by atoms with Gasteiger partial charge >= 0.3 is 5.97 Å². The summed E-state index contributed by atoms with van der Waals surface area (Å²) < 4.78 is 6.94. The minimum absolute atomic E-state index is 0.00259. The fourth-order valence-electron chi connectivity index (χ4n) is 2.74. The van der Waals surface area contributed by atoms with Crippen LogP contribution in [0.4, 0.5) is 0 Å². The zero-order valence-electron chi connectivity index (χ0n) is 12.7. The summed E-state index contributed by atoms with van der Waals surface area (Å²) in [7, 11) is 0. The molecule has 1 aromatic carbocycles. The molecule has 0 saturated carbocycles. The van der Waals surface area contributed by atoms with Gasteiger partial charge in [0.1, 0.15) is 5.56 Å². The molecule has 1 aliphatic heterocycles. The SMILES string of the molecule is CC[C@@H](C)n1c(O)c([C@H]2OC(=O)c3ccccc32)c(=O)[nH]c1=S. The van der Waals surface area contributed by atoms with Crippen LogP contribution in [0.1, 0.15) is 53.9 Å². The van der Waals surface area contributed by atoms with E-state index < -0.39 is 17.6 Å². The Hall–Kier alpha value is -2.41. The zero-order valence-corrected chi connectivity index (χ0v) is 13.5. The number of benzene rings is 1. The Labute approximate surface area is 137 Å². The van der Waals surface area contributed by atoms with Gasteiger partial charge in [0, 0.05) is 11.6 Å². The van der Waals surface area contributed by atoms with Crippen molar-refractivity contribution in [3.63, 3.8) is 0 Å². The van der Waals surface area contributed by atoms with Gasteiger partial charge in [0.2, 0.25) is 5.88 Å². The molecule has 23 heavy (non-hydrogen) atoms. The summed E-state index contributed by atoms with van der Waals surface area (Å²) in [5, 5.41) is 10.6. The quantitative estimate of drug-likeness (QED) is 0.667. The van der Waals surface area contributed by atoms with Crippen LogP contribution in [-0.4, -0.2) is 20.6 Å². The second kappa shape index (κ2) is 5.66. The first-order valence-electron chi connectivity index (χ1n) is 7.33. The van der Waals surface area contributed by atoms with Crippen LogP contribution in [0.15, 0.2) is 29.1 Å². The van der Waals surface area contributed by atoms with Gasteiger partial charge < -0.3 is 9.84 Å². The van der Waals surface area contributed by atoms with Gasteiger partial charge in [0.05, 0.1) is 5.56 Å². The molecule has 0 unspecified atom stereocenters. The lowest BCUT2D eigenvalue weighted by Crippen LogP contribution is -2.23. The van der Waals surface area contributed by atoms with Gasteiger partial charge in [-0.15, -0.1) is 0 Å². The molecule has 0 saturated heterocycles. The smallest absolute Gasteiger partial charge is 0.339 e. The van der Waals surface area contributed by atoms with Gasteiger partial charge in [-0.3, -0.25) is 14.3 Å². The maximum atomic E-state index is 12.3. The van der Waals surface area contributed by atoms with Crippen LogP contribution in [0.2, 0.25) is 0 Å². The summed E-state index contributed by atoms with van der Waals surface area (Å²) in [5.41, 5.74) is 0.402. The molecule has 0 radical (unpaired) electrons. The monoisotopic (exact) mass is 332 g/mol. The summed E-state index contributed by atoms with van der Waals surface area (Å²) in [6.07, 6.45) is -0.220. The lowest BCUT2D eigenvalue weighted by molar-refractivity contribution is 0.0448. The summed E-state index contributed by atoms with van der Waals surface area (Å²) in [6.45, 7) is 3.83. The Morgan fingerprint density at radius 2 is 2.09 bits per heavy atom. The third-order valence-electron chi connectivity index (χ3n) is 4.13. The standard InChI is InChI=1S/C16H16N2O4S/c1-3-8(2)18-14(20)11(13(19)17-16(18)23)12-9-6-4-5-7-10(9)15(21)22-12/h4-8,12,20H,3H2,1-2H3,(H,17,19,23)/t8-,12+/m1/s1. The van der Waals surface area contributed by atoms with Crippen LogP contribution in [-0.2, 0) is 4.74 Å². The van der Waals surface area contributed by atoms with Gasteiger partial charge in [-0.2, -0.15) is 0 Å². The van der Waals surface area contributed by atoms with Gasteiger partial charge in [0.25, 0.3) is 5.56 Å². The topological polar surface area (TPSA) is 84.3 Å². The number of rotatable bonds is 3. The Morgan fingerprint density at radius 3 is 2.78 bits per heavy atom. The molecular formula is C16H16N2O4S. The van der Waals surface area contributed by atoms with Crippen molar-refractivity contribution >= 4 is 18.2 Å². The molecule has 2 atom stereocenters. The van der Waals surface area contributed by atoms with E-state index in [0.717, 1.165) is 0 Å². The number of H-pyrrole nitrogens is 1. The Bertz CT molecular complexity index is 900. The predicted octanol–water partition coefficient (Wildman–Crippen LogP) is 2.84. The molecule has 0 spiro atoms. The van der Waals surface area contributed by atoms with Crippen molar-refractivity contribution in [3.8, 4) is 5.88 Å². The predicted molar refractivity (Wildman–Crippen MR) is 86.3 cm³/mol. The van der Waals surface area contributed by atoms with Crippen molar-refractivity contribution in [2.45, 2.75) is 32.4 Å². The maximum Gasteiger partial charge on any atom is 0.339 e. The van der Waals surface area contributed by atoms with Crippen LogP contribution >= 0.6 is 12.2 Å². The highest BCUT2D eigenvalue weighted by Crippen LogP contribution is 2.38. The Balaban J connectivity index is 2.25. The minimum atomic E-state index is -0.937. The van der Waals surface area contributed by atoms with Crippen molar-refractivity contribution in [3.05, 3.63) is 56.1 Å². The van der Waals surface area contributed by atoms with E-state index >= 15 is 0 Å². The Morgan fingerprint density at radius 1 is 1.39 bits per heavy atom. The van der Waals surface area contributed by atoms with Gasteiger partial charge in [0.15, 0.2) is 10.9 Å². The maximum absolute atomic E-state index is 12.3. The van der Waals surface area contributed by atoms with Crippen molar-refractivity contribution in [2.24, 2.45) is 0 Å². The summed E-state index contributed by atoms with van der Waals surface area (Å²) >= 11 is 5.14. The molecule has 0 bridgehead atoms. The van der Waals surface area contributed by atoms with Crippen LogP contribution in [0.3, 0.4) is 0 Å². The van der Waals surface area contributed by atoms with Crippen LogP contribution in [0.5, 0.6) is 5.88 Å². The fourth-order valence-corrected chi connectivity index (χ4v) is 3.10. The van der Waals surface area contributed by atoms with E-state index in [-0.39, 0.29) is 22.3 Å². The number of nitrogens with zero attached hydrogens (tertiary/aromatic N) is 1. The molecular weight excluding hydrogens is 316 g/mol. The largest absolute Gasteiger partial charge is 0.494 e. The molecule has 2 aromatic rings. The molecule has 2 heterocycles. The number of ether oxygens (including phenoxy) is 1. The van der Waals surface area contributed by atoms with Crippen molar-refractivity contribution < 1.29 is 14.6 Å². The van der Waals surface area contributed by atoms with E-state index in [0.29, 0.717) is 17.5 Å². The number of aromatic nitrogens is 2. The minimum Gasteiger partial charge on any atom is -0.494 e. The van der Waals surface area contributed by atoms with E-state index in [1.807, 2.05) is 13.8 Å². The second-order valence-corrected chi connectivity index (χ2v) is 5.88. The summed E-state index contributed by atoms with van der Waals surface area (Å²) in [6, 6.07) is 6.71. The van der Waals surface area contributed by atoms with E-state index in [2.05, 4.69) is 4.98 Å². The number of fused-ring (bicyclic) bond motifs is 1. The highest BCUT2D eigenvalue weighted by molar-refractivity contribution is 7.71. The first-order valence-corrected chi connectivity index (χ1v) is 7.74. The molecule has 1 aromatic heterocycles. The van der Waals surface area contributed by atoms with E-state index in [1.165, 1.54) is 4.57 Å². The molecule has 6 nitrogen and oxygen atoms in total. The van der Waals surface area contributed by atoms with Crippen LogP contribution in [0.25, 0.3) is 0 Å². The van der Waals surface area contributed by atoms with E-state index in [4.69, 9.17) is 17.0 Å².